The number of carbonyl (C=O) groups is 1. The fraction of sp³-hybridized carbons (Fsp3) is 0.909. The van der Waals surface area contributed by atoms with E-state index in [1.807, 2.05) is 0 Å². The largest absolute Gasteiger partial charge is 0.469 e. The van der Waals surface area contributed by atoms with E-state index in [4.69, 9.17) is 9.47 Å². The van der Waals surface area contributed by atoms with Crippen molar-refractivity contribution in [3.05, 3.63) is 0 Å². The lowest BCUT2D eigenvalue weighted by atomic mass is 9.92. The van der Waals surface area contributed by atoms with Crippen LogP contribution in [0.25, 0.3) is 0 Å². The van der Waals surface area contributed by atoms with E-state index in [-0.39, 0.29) is 11.9 Å². The number of esters is 1. The molecule has 0 aromatic carbocycles. The van der Waals surface area contributed by atoms with E-state index in [1.165, 1.54) is 26.4 Å². The van der Waals surface area contributed by atoms with Gasteiger partial charge in [0.1, 0.15) is 0 Å². The number of carbonyl (C=O) groups excluding carboxylic acids is 1. The van der Waals surface area contributed by atoms with Crippen molar-refractivity contribution < 1.29 is 14.3 Å². The maximum absolute atomic E-state index is 11.4. The Kier molecular flexibility index (Phi) is 5.65. The first kappa shape index (κ1) is 12.5. The Morgan fingerprint density at radius 2 is 2.20 bits per heavy atom. The Balaban J connectivity index is 2.23. The zero-order valence-corrected chi connectivity index (χ0v) is 9.62. The zero-order chi connectivity index (χ0) is 11.1. The van der Waals surface area contributed by atoms with Crippen molar-refractivity contribution in [3.8, 4) is 0 Å². The summed E-state index contributed by atoms with van der Waals surface area (Å²) in [6, 6.07) is 0.611. The molecule has 0 amide bonds. The third-order valence-corrected chi connectivity index (χ3v) is 2.96. The Morgan fingerprint density at radius 3 is 2.67 bits per heavy atom. The second-order valence-corrected chi connectivity index (χ2v) is 4.04. The van der Waals surface area contributed by atoms with Crippen LogP contribution >= 0.6 is 0 Å². The van der Waals surface area contributed by atoms with Crippen molar-refractivity contribution in [1.82, 2.24) is 5.32 Å². The van der Waals surface area contributed by atoms with E-state index in [2.05, 4.69) is 5.32 Å². The topological polar surface area (TPSA) is 47.6 Å². The number of hydrogen-bond acceptors (Lipinski definition) is 4. The number of methoxy groups -OCH3 is 2. The fourth-order valence-corrected chi connectivity index (χ4v) is 1.65. The van der Waals surface area contributed by atoms with Crippen LogP contribution in [0, 0.1) is 5.92 Å². The van der Waals surface area contributed by atoms with E-state index in [1.54, 1.807) is 7.11 Å². The predicted molar refractivity (Wildman–Crippen MR) is 57.6 cm³/mol. The van der Waals surface area contributed by atoms with Crippen molar-refractivity contribution in [2.75, 3.05) is 27.4 Å². The molecular formula is C11H21NO3. The second-order valence-electron chi connectivity index (χ2n) is 4.04. The maximum Gasteiger partial charge on any atom is 0.310 e. The number of hydrogen-bond donors (Lipinski definition) is 1. The normalized spacial score (nSPS) is 18.3. The summed E-state index contributed by atoms with van der Waals surface area (Å²) >= 11 is 0. The molecule has 1 rings (SSSR count). The highest BCUT2D eigenvalue weighted by molar-refractivity contribution is 5.72. The van der Waals surface area contributed by atoms with Gasteiger partial charge in [-0.05, 0) is 19.3 Å². The quantitative estimate of drug-likeness (QED) is 0.642. The molecule has 0 aliphatic heterocycles. The first-order valence-electron chi connectivity index (χ1n) is 5.58. The van der Waals surface area contributed by atoms with Gasteiger partial charge in [0, 0.05) is 26.3 Å². The molecule has 1 aliphatic carbocycles. The molecule has 1 unspecified atom stereocenters. The summed E-state index contributed by atoms with van der Waals surface area (Å²) in [6.07, 6.45) is 4.50. The molecule has 0 bridgehead atoms. The molecule has 15 heavy (non-hydrogen) atoms. The Morgan fingerprint density at radius 1 is 1.47 bits per heavy atom. The molecule has 1 atom stereocenters. The molecular weight excluding hydrogens is 194 g/mol. The van der Waals surface area contributed by atoms with Gasteiger partial charge in [-0.1, -0.05) is 6.42 Å². The van der Waals surface area contributed by atoms with Gasteiger partial charge >= 0.3 is 5.97 Å². The Labute approximate surface area is 91.3 Å². The molecule has 0 aromatic heterocycles. The van der Waals surface area contributed by atoms with E-state index < -0.39 is 0 Å². The lowest BCUT2D eigenvalue weighted by molar-refractivity contribution is -0.146. The minimum atomic E-state index is -0.140. The number of rotatable bonds is 7. The summed E-state index contributed by atoms with van der Waals surface area (Å²) in [5.41, 5.74) is 0. The van der Waals surface area contributed by atoms with Crippen LogP contribution < -0.4 is 5.32 Å². The lowest BCUT2D eigenvalue weighted by Gasteiger charge is -2.28. The van der Waals surface area contributed by atoms with Gasteiger partial charge in [0.05, 0.1) is 13.0 Å². The summed E-state index contributed by atoms with van der Waals surface area (Å²) in [5.74, 6) is -0.213. The first-order chi connectivity index (χ1) is 7.27. The van der Waals surface area contributed by atoms with Crippen LogP contribution in [0.5, 0.6) is 0 Å². The van der Waals surface area contributed by atoms with Crippen molar-refractivity contribution >= 4 is 5.97 Å². The van der Waals surface area contributed by atoms with Crippen LogP contribution in [0.2, 0.25) is 0 Å². The molecule has 4 heteroatoms. The molecule has 0 saturated heterocycles. The third-order valence-electron chi connectivity index (χ3n) is 2.96. The molecule has 0 heterocycles. The lowest BCUT2D eigenvalue weighted by Crippen LogP contribution is -2.40. The zero-order valence-electron chi connectivity index (χ0n) is 9.62. The van der Waals surface area contributed by atoms with Crippen molar-refractivity contribution in [1.29, 1.82) is 0 Å². The van der Waals surface area contributed by atoms with E-state index >= 15 is 0 Å². The molecule has 1 fully saturated rings. The number of ether oxygens (including phenoxy) is 2. The van der Waals surface area contributed by atoms with Gasteiger partial charge in [-0.2, -0.15) is 0 Å². The Bertz CT molecular complexity index is 192. The molecule has 1 saturated carbocycles. The van der Waals surface area contributed by atoms with E-state index in [0.29, 0.717) is 19.2 Å². The average Bonchev–Trinajstić information content (AvgIpc) is 2.19. The SMILES string of the molecule is COCCC(CNC1CCC1)C(=O)OC. The second kappa shape index (κ2) is 6.80. The highest BCUT2D eigenvalue weighted by atomic mass is 16.5. The van der Waals surface area contributed by atoms with Crippen molar-refractivity contribution in [3.63, 3.8) is 0 Å². The molecule has 88 valence electrons. The van der Waals surface area contributed by atoms with Crippen LogP contribution in [0.1, 0.15) is 25.7 Å². The molecule has 0 spiro atoms. The average molecular weight is 215 g/mol. The van der Waals surface area contributed by atoms with Gasteiger partial charge in [0.15, 0.2) is 0 Å². The smallest absolute Gasteiger partial charge is 0.310 e. The Hall–Kier alpha value is -0.610. The highest BCUT2D eigenvalue weighted by Crippen LogP contribution is 2.18. The summed E-state index contributed by atoms with van der Waals surface area (Å²) < 4.78 is 9.74. The molecule has 4 nitrogen and oxygen atoms in total. The number of nitrogens with one attached hydrogen (secondary N) is 1. The van der Waals surface area contributed by atoms with Crippen LogP contribution in [0.4, 0.5) is 0 Å². The maximum atomic E-state index is 11.4. The fourth-order valence-electron chi connectivity index (χ4n) is 1.65. The molecule has 1 aliphatic rings. The van der Waals surface area contributed by atoms with Crippen LogP contribution in [0.3, 0.4) is 0 Å². The predicted octanol–water partition coefficient (Wildman–Crippen LogP) is 0.954. The van der Waals surface area contributed by atoms with Gasteiger partial charge in [-0.15, -0.1) is 0 Å². The van der Waals surface area contributed by atoms with Crippen molar-refractivity contribution in [2.24, 2.45) is 5.92 Å². The molecule has 0 aromatic rings. The molecule has 1 N–H and O–H groups in total. The van der Waals surface area contributed by atoms with Crippen LogP contribution in [0.15, 0.2) is 0 Å². The third kappa shape index (κ3) is 4.18. The highest BCUT2D eigenvalue weighted by Gasteiger charge is 2.22. The summed E-state index contributed by atoms with van der Waals surface area (Å²) in [4.78, 5) is 11.4. The standard InChI is InChI=1S/C11H21NO3/c1-14-7-6-9(11(13)15-2)8-12-10-4-3-5-10/h9-10,12H,3-8H2,1-2H3. The van der Waals surface area contributed by atoms with Crippen molar-refractivity contribution in [2.45, 2.75) is 31.7 Å². The summed E-state index contributed by atoms with van der Waals surface area (Å²) in [7, 11) is 3.08. The summed E-state index contributed by atoms with van der Waals surface area (Å²) in [6.45, 7) is 1.31. The van der Waals surface area contributed by atoms with Gasteiger partial charge in [0.25, 0.3) is 0 Å². The minimum Gasteiger partial charge on any atom is -0.469 e. The molecule has 0 radical (unpaired) electrons. The van der Waals surface area contributed by atoms with Crippen LogP contribution in [-0.4, -0.2) is 39.4 Å². The van der Waals surface area contributed by atoms with Gasteiger partial charge in [-0.25, -0.2) is 0 Å². The van der Waals surface area contributed by atoms with Crippen LogP contribution in [-0.2, 0) is 14.3 Å². The van der Waals surface area contributed by atoms with E-state index in [9.17, 15) is 4.79 Å². The van der Waals surface area contributed by atoms with Gasteiger partial charge < -0.3 is 14.8 Å². The summed E-state index contributed by atoms with van der Waals surface area (Å²) in [5, 5.41) is 3.39. The van der Waals surface area contributed by atoms with Gasteiger partial charge in [-0.3, -0.25) is 4.79 Å². The minimum absolute atomic E-state index is 0.0736. The van der Waals surface area contributed by atoms with E-state index in [0.717, 1.165) is 6.42 Å². The van der Waals surface area contributed by atoms with Gasteiger partial charge in [0.2, 0.25) is 0 Å². The monoisotopic (exact) mass is 215 g/mol. The first-order valence-corrected chi connectivity index (χ1v) is 5.58.